The fourth-order valence-electron chi connectivity index (χ4n) is 3.33. The number of carbonyl (C=O) groups excluding carboxylic acids is 1. The molecule has 0 radical (unpaired) electrons. The lowest BCUT2D eigenvalue weighted by Gasteiger charge is -2.19. The first-order valence-corrected chi connectivity index (χ1v) is 9.45. The highest BCUT2D eigenvalue weighted by molar-refractivity contribution is 7.15. The number of likely N-dealkylation sites (tertiary alicyclic amines) is 1. The van der Waals surface area contributed by atoms with E-state index in [1.54, 1.807) is 6.20 Å². The zero-order valence-corrected chi connectivity index (χ0v) is 15.6. The fraction of sp³-hybridized carbons (Fsp3) is 0.389. The van der Waals surface area contributed by atoms with Crippen molar-refractivity contribution < 1.29 is 9.53 Å². The van der Waals surface area contributed by atoms with E-state index in [1.165, 1.54) is 18.3 Å². The van der Waals surface area contributed by atoms with Crippen LogP contribution in [0.3, 0.4) is 0 Å². The second-order valence-corrected chi connectivity index (χ2v) is 7.70. The summed E-state index contributed by atoms with van der Waals surface area (Å²) in [5.41, 5.74) is 0.889. The van der Waals surface area contributed by atoms with E-state index in [0.717, 1.165) is 35.9 Å². The third kappa shape index (κ3) is 3.56. The molecule has 0 bridgehead atoms. The van der Waals surface area contributed by atoms with Crippen LogP contribution in [0.4, 0.5) is 5.13 Å². The fourth-order valence-corrected chi connectivity index (χ4v) is 4.21. The van der Waals surface area contributed by atoms with Gasteiger partial charge in [0.1, 0.15) is 11.8 Å². The molecular formula is C18H21N5O2S. The Hall–Kier alpha value is -2.45. The van der Waals surface area contributed by atoms with E-state index < -0.39 is 0 Å². The van der Waals surface area contributed by atoms with Gasteiger partial charge < -0.3 is 10.1 Å². The Balaban J connectivity index is 1.40. The molecule has 1 N–H and O–H groups in total. The van der Waals surface area contributed by atoms with E-state index in [-0.39, 0.29) is 12.0 Å². The van der Waals surface area contributed by atoms with Gasteiger partial charge in [-0.1, -0.05) is 6.07 Å². The molecule has 0 unspecified atom stereocenters. The normalized spacial score (nSPS) is 20.5. The third-order valence-electron chi connectivity index (χ3n) is 4.54. The summed E-state index contributed by atoms with van der Waals surface area (Å²) in [6, 6.07) is 6.33. The molecule has 0 aliphatic carbocycles. The number of ether oxygens (including phenoxy) is 1. The van der Waals surface area contributed by atoms with E-state index in [9.17, 15) is 4.79 Å². The third-order valence-corrected chi connectivity index (χ3v) is 5.44. The molecule has 136 valence electrons. The van der Waals surface area contributed by atoms with Gasteiger partial charge in [-0.05, 0) is 19.1 Å². The molecule has 1 aliphatic heterocycles. The highest BCUT2D eigenvalue weighted by Crippen LogP contribution is 2.27. The molecule has 7 nitrogen and oxygen atoms in total. The van der Waals surface area contributed by atoms with Crippen LogP contribution < -0.4 is 10.1 Å². The van der Waals surface area contributed by atoms with E-state index in [2.05, 4.69) is 27.1 Å². The van der Waals surface area contributed by atoms with Crippen molar-refractivity contribution in [2.24, 2.45) is 0 Å². The van der Waals surface area contributed by atoms with Gasteiger partial charge in [0.25, 0.3) is 0 Å². The summed E-state index contributed by atoms with van der Waals surface area (Å²) in [6.45, 7) is 5.39. The molecule has 1 saturated heterocycles. The number of carbonyl (C=O) groups is 1. The summed E-state index contributed by atoms with van der Waals surface area (Å²) in [5, 5.41) is 3.39. The number of anilines is 1. The zero-order chi connectivity index (χ0) is 18.1. The van der Waals surface area contributed by atoms with Crippen molar-refractivity contribution in [2.45, 2.75) is 39.0 Å². The summed E-state index contributed by atoms with van der Waals surface area (Å²) in [4.78, 5) is 23.2. The minimum absolute atomic E-state index is 0.0948. The van der Waals surface area contributed by atoms with Crippen molar-refractivity contribution in [1.29, 1.82) is 0 Å². The number of nitrogens with one attached hydrogen (secondary N) is 1. The van der Waals surface area contributed by atoms with Crippen LogP contribution in [0, 0.1) is 0 Å². The molecule has 0 saturated carbocycles. The van der Waals surface area contributed by atoms with Crippen LogP contribution in [-0.2, 0) is 11.3 Å². The highest BCUT2D eigenvalue weighted by atomic mass is 32.1. The Bertz CT molecular complexity index is 921. The maximum atomic E-state index is 11.1. The largest absolute Gasteiger partial charge is 0.474 e. The maximum Gasteiger partial charge on any atom is 0.223 e. The molecule has 0 aromatic carbocycles. The van der Waals surface area contributed by atoms with E-state index in [4.69, 9.17) is 4.74 Å². The SMILES string of the molecule is CC(=O)Nc1ncc(CN2C[C@H](Oc3cccc4nccn34)C[C@@H]2C)s1. The molecule has 8 heteroatoms. The van der Waals surface area contributed by atoms with Crippen LogP contribution in [0.25, 0.3) is 5.65 Å². The maximum absolute atomic E-state index is 11.1. The number of pyridine rings is 1. The number of hydrogen-bond donors (Lipinski definition) is 1. The highest BCUT2D eigenvalue weighted by Gasteiger charge is 2.31. The number of fused-ring (bicyclic) bond motifs is 1. The lowest BCUT2D eigenvalue weighted by Crippen LogP contribution is -2.27. The van der Waals surface area contributed by atoms with Gasteiger partial charge in [-0.15, -0.1) is 11.3 Å². The Kier molecular flexibility index (Phi) is 4.60. The molecule has 3 aromatic heterocycles. The smallest absolute Gasteiger partial charge is 0.223 e. The van der Waals surface area contributed by atoms with Crippen molar-refractivity contribution >= 4 is 28.0 Å². The predicted octanol–water partition coefficient (Wildman–Crippen LogP) is 2.79. The predicted molar refractivity (Wildman–Crippen MR) is 101 cm³/mol. The zero-order valence-electron chi connectivity index (χ0n) is 14.8. The number of amides is 1. The van der Waals surface area contributed by atoms with Crippen LogP contribution in [-0.4, -0.2) is 43.9 Å². The summed E-state index contributed by atoms with van der Waals surface area (Å²) >= 11 is 1.52. The van der Waals surface area contributed by atoms with Crippen molar-refractivity contribution in [3.8, 4) is 5.88 Å². The van der Waals surface area contributed by atoms with Gasteiger partial charge in [-0.25, -0.2) is 9.97 Å². The average Bonchev–Trinajstić information content (AvgIpc) is 3.29. The Morgan fingerprint density at radius 1 is 1.42 bits per heavy atom. The standard InChI is InChI=1S/C18H21N5O2S/c1-12-8-14(25-17-5-3-4-16-19-6-7-23(16)17)10-22(12)11-15-9-20-18(26-15)21-13(2)24/h3-7,9,12,14H,8,10-11H2,1-2H3,(H,20,21,24)/t12-,14+/m0/s1. The second kappa shape index (κ2) is 7.05. The van der Waals surface area contributed by atoms with E-state index >= 15 is 0 Å². The van der Waals surface area contributed by atoms with E-state index in [0.29, 0.717) is 11.2 Å². The monoisotopic (exact) mass is 371 g/mol. The van der Waals surface area contributed by atoms with Gasteiger partial charge in [-0.3, -0.25) is 14.1 Å². The molecule has 4 rings (SSSR count). The lowest BCUT2D eigenvalue weighted by atomic mass is 10.2. The Morgan fingerprint density at radius 3 is 3.15 bits per heavy atom. The number of rotatable bonds is 5. The Morgan fingerprint density at radius 2 is 2.31 bits per heavy atom. The molecule has 1 amide bonds. The van der Waals surface area contributed by atoms with Gasteiger partial charge in [0, 0.05) is 55.9 Å². The van der Waals surface area contributed by atoms with Crippen LogP contribution >= 0.6 is 11.3 Å². The minimum atomic E-state index is -0.0948. The molecule has 4 heterocycles. The van der Waals surface area contributed by atoms with Crippen LogP contribution in [0.5, 0.6) is 5.88 Å². The summed E-state index contributed by atoms with van der Waals surface area (Å²) in [6.07, 6.45) is 6.65. The van der Waals surface area contributed by atoms with Gasteiger partial charge in [-0.2, -0.15) is 0 Å². The topological polar surface area (TPSA) is 71.8 Å². The molecule has 3 aromatic rings. The molecule has 1 aliphatic rings. The van der Waals surface area contributed by atoms with Gasteiger partial charge in [0.05, 0.1) is 0 Å². The lowest BCUT2D eigenvalue weighted by molar-refractivity contribution is -0.114. The molecule has 0 spiro atoms. The first kappa shape index (κ1) is 17.0. The number of thiazole rings is 1. The first-order valence-electron chi connectivity index (χ1n) is 8.63. The number of imidazole rings is 1. The van der Waals surface area contributed by atoms with Crippen molar-refractivity contribution in [1.82, 2.24) is 19.3 Å². The second-order valence-electron chi connectivity index (χ2n) is 6.59. The van der Waals surface area contributed by atoms with Crippen LogP contribution in [0.15, 0.2) is 36.8 Å². The minimum Gasteiger partial charge on any atom is -0.474 e. The molecule has 2 atom stereocenters. The first-order chi connectivity index (χ1) is 12.6. The number of hydrogen-bond acceptors (Lipinski definition) is 6. The average molecular weight is 371 g/mol. The Labute approximate surface area is 155 Å². The van der Waals surface area contributed by atoms with Crippen LogP contribution in [0.2, 0.25) is 0 Å². The number of aromatic nitrogens is 3. The summed E-state index contributed by atoms with van der Waals surface area (Å²) in [5.74, 6) is 0.729. The van der Waals surface area contributed by atoms with Crippen molar-refractivity contribution in [3.05, 3.63) is 41.7 Å². The summed E-state index contributed by atoms with van der Waals surface area (Å²) < 4.78 is 8.22. The van der Waals surface area contributed by atoms with Gasteiger partial charge >= 0.3 is 0 Å². The van der Waals surface area contributed by atoms with Gasteiger partial charge in [0.2, 0.25) is 5.91 Å². The quantitative estimate of drug-likeness (QED) is 0.747. The molecule has 26 heavy (non-hydrogen) atoms. The molecular weight excluding hydrogens is 350 g/mol. The molecule has 1 fully saturated rings. The van der Waals surface area contributed by atoms with Crippen molar-refractivity contribution in [3.63, 3.8) is 0 Å². The van der Waals surface area contributed by atoms with Crippen LogP contribution in [0.1, 0.15) is 25.1 Å². The van der Waals surface area contributed by atoms with Crippen molar-refractivity contribution in [2.75, 3.05) is 11.9 Å². The van der Waals surface area contributed by atoms with Gasteiger partial charge in [0.15, 0.2) is 11.0 Å². The van der Waals surface area contributed by atoms with E-state index in [1.807, 2.05) is 35.0 Å². The summed E-state index contributed by atoms with van der Waals surface area (Å²) in [7, 11) is 0. The number of nitrogens with zero attached hydrogens (tertiary/aromatic N) is 4.